The second-order valence-corrected chi connectivity index (χ2v) is 33.6. The molecule has 0 amide bonds. The van der Waals surface area contributed by atoms with Gasteiger partial charge in [-0.15, -0.1) is 0 Å². The summed E-state index contributed by atoms with van der Waals surface area (Å²) < 4.78 is 61.3. The van der Waals surface area contributed by atoms with E-state index >= 15 is 0 Å². The molecule has 0 aromatic rings. The summed E-state index contributed by atoms with van der Waals surface area (Å²) in [4.78, 5) is 58.8. The third-order valence-corrected chi connectivity index (χ3v) is 21.5. The van der Waals surface area contributed by atoms with Crippen LogP contribution in [0.5, 0.6) is 0 Å². The second kappa shape index (κ2) is 87.3. The molecule has 113 heavy (non-hydrogen) atoms. The van der Waals surface area contributed by atoms with Crippen LogP contribution in [0.15, 0.2) is 122 Å². The van der Waals surface area contributed by atoms with Gasteiger partial charge in [-0.3, -0.25) is 32.5 Å². The van der Waals surface area contributed by atoms with Gasteiger partial charge in [0.1, 0.15) is 25.4 Å². The third-order valence-electron chi connectivity index (χ3n) is 19.6. The van der Waals surface area contributed by atoms with Gasteiger partial charge in [0, 0.05) is 19.3 Å². The van der Waals surface area contributed by atoms with E-state index in [9.17, 15) is 43.5 Å². The minimum atomic E-state index is -4.93. The Labute approximate surface area is 691 Å². The number of ether oxygens (including phenoxy) is 3. The van der Waals surface area contributed by atoms with E-state index in [4.69, 9.17) is 32.3 Å². The number of phosphoric acid groups is 2. The quantitative estimate of drug-likeness (QED) is 0.0146. The zero-order valence-corrected chi connectivity index (χ0v) is 73.8. The summed E-state index contributed by atoms with van der Waals surface area (Å²) in [7, 11) is -9.79. The summed E-state index contributed by atoms with van der Waals surface area (Å²) >= 11 is 0. The van der Waals surface area contributed by atoms with Crippen molar-refractivity contribution >= 4 is 33.6 Å². The topological polar surface area (TPSA) is 231 Å². The van der Waals surface area contributed by atoms with Crippen LogP contribution in [0.2, 0.25) is 0 Å². The standard InChI is InChI=1S/C95H168O16P2/c1-4-7-10-13-16-19-22-25-27-29-31-33-35-37-39-41-43-44-46-48-49-51-53-55-57-59-61-64-66-69-72-75-78-81-93(98)105-84-90(96)85-107-112(101,102)108-86-91(97)87-109-113(103,104)110-89-92(111-95(100)83-80-77-74-71-68-63-24-21-18-15-12-9-6-3)88-106-94(99)82-79-76-73-70-67-65-62-60-58-56-54-52-50-47-45-42-40-38-36-34-32-30-28-26-23-20-17-14-11-8-5-2/h8,11,16-17,19-21,24-28,31-34,37-40,90-92,96-97H,4-7,9-10,12-15,18,22-23,29-30,35-36,41-89H2,1-3H3,(H,101,102)(H,103,104)/b11-8-,19-16-,20-17-,24-21-,27-25-,28-26-,33-31-,34-32-,39-37-,40-38-. The van der Waals surface area contributed by atoms with Crippen molar-refractivity contribution in [2.75, 3.05) is 39.6 Å². The lowest BCUT2D eigenvalue weighted by Crippen LogP contribution is -2.30. The molecule has 0 aliphatic rings. The SMILES string of the molecule is CC/C=C\C/C=C\C/C=C\C/C=C\C/C=C\CCCCCCCCCCCCCCCCCC(=O)OCC(COP(=O)(O)OCC(O)COP(=O)(O)OCC(O)COC(=O)CCCCCCCCCCCCCCCCCCC/C=C\C/C=C\C/C=C\C/C=C\CCCCC)OC(=O)CCCCCCC/C=C\CCCCCC. The number of phosphoric ester groups is 2. The molecule has 0 fully saturated rings. The Hall–Kier alpha value is -4.05. The van der Waals surface area contributed by atoms with Crippen LogP contribution in [0.4, 0.5) is 0 Å². The van der Waals surface area contributed by atoms with Crippen molar-refractivity contribution in [2.24, 2.45) is 0 Å². The van der Waals surface area contributed by atoms with Crippen LogP contribution in [0, 0.1) is 0 Å². The maximum absolute atomic E-state index is 13.0. The smallest absolute Gasteiger partial charge is 0.463 e. The lowest BCUT2D eigenvalue weighted by atomic mass is 10.0. The van der Waals surface area contributed by atoms with Gasteiger partial charge in [-0.2, -0.15) is 0 Å². The number of aliphatic hydroxyl groups is 2. The van der Waals surface area contributed by atoms with Gasteiger partial charge in [0.25, 0.3) is 0 Å². The maximum Gasteiger partial charge on any atom is 0.472 e. The van der Waals surface area contributed by atoms with Crippen molar-refractivity contribution in [1.29, 1.82) is 0 Å². The Morgan fingerprint density at radius 1 is 0.257 bits per heavy atom. The van der Waals surface area contributed by atoms with Crippen LogP contribution >= 0.6 is 15.6 Å². The van der Waals surface area contributed by atoms with Gasteiger partial charge >= 0.3 is 33.6 Å². The van der Waals surface area contributed by atoms with Gasteiger partial charge in [-0.1, -0.05) is 373 Å². The summed E-state index contributed by atoms with van der Waals surface area (Å²) in [5, 5.41) is 20.7. The Kier molecular flexibility index (Phi) is 84.1. The highest BCUT2D eigenvalue weighted by Crippen LogP contribution is 2.45. The van der Waals surface area contributed by atoms with Crippen molar-refractivity contribution in [2.45, 2.75) is 424 Å². The van der Waals surface area contributed by atoms with Gasteiger partial charge in [-0.25, -0.2) is 9.13 Å². The average Bonchev–Trinajstić information content (AvgIpc) is 0.887. The largest absolute Gasteiger partial charge is 0.472 e. The summed E-state index contributed by atoms with van der Waals surface area (Å²) in [6, 6.07) is 0. The highest BCUT2D eigenvalue weighted by molar-refractivity contribution is 7.47. The van der Waals surface area contributed by atoms with E-state index in [0.717, 1.165) is 128 Å². The first-order valence-corrected chi connectivity index (χ1v) is 48.8. The van der Waals surface area contributed by atoms with E-state index in [1.165, 1.54) is 218 Å². The van der Waals surface area contributed by atoms with Crippen molar-refractivity contribution in [3.05, 3.63) is 122 Å². The van der Waals surface area contributed by atoms with Crippen molar-refractivity contribution < 1.29 is 75.8 Å². The molecule has 654 valence electrons. The summed E-state index contributed by atoms with van der Waals surface area (Å²) in [6.07, 6.45) is 107. The molecule has 0 radical (unpaired) electrons. The number of allylic oxidation sites excluding steroid dienone is 20. The molecule has 5 atom stereocenters. The average molecular weight is 1630 g/mol. The van der Waals surface area contributed by atoms with Crippen LogP contribution in [-0.4, -0.2) is 95.9 Å². The first-order valence-electron chi connectivity index (χ1n) is 45.8. The van der Waals surface area contributed by atoms with E-state index in [1.807, 2.05) is 0 Å². The highest BCUT2D eigenvalue weighted by Gasteiger charge is 2.29. The van der Waals surface area contributed by atoms with E-state index in [2.05, 4.69) is 142 Å². The van der Waals surface area contributed by atoms with Gasteiger partial charge in [0.2, 0.25) is 0 Å². The number of carbonyl (C=O) groups excluding carboxylic acids is 3. The fraction of sp³-hybridized carbons (Fsp3) is 0.758. The molecule has 0 aromatic heterocycles. The number of unbranched alkanes of at least 4 members (excludes halogenated alkanes) is 44. The molecule has 5 unspecified atom stereocenters. The Morgan fingerprint density at radius 3 is 0.770 bits per heavy atom. The van der Waals surface area contributed by atoms with E-state index in [1.54, 1.807) is 0 Å². The van der Waals surface area contributed by atoms with Crippen LogP contribution in [0.3, 0.4) is 0 Å². The zero-order valence-electron chi connectivity index (χ0n) is 72.0. The van der Waals surface area contributed by atoms with E-state index in [0.29, 0.717) is 19.3 Å². The second-order valence-electron chi connectivity index (χ2n) is 30.7. The summed E-state index contributed by atoms with van der Waals surface area (Å²) in [6.45, 7) is 2.57. The van der Waals surface area contributed by atoms with Crippen LogP contribution in [0.25, 0.3) is 0 Å². The molecule has 4 N–H and O–H groups in total. The molecule has 0 aliphatic carbocycles. The van der Waals surface area contributed by atoms with Gasteiger partial charge in [0.15, 0.2) is 6.10 Å². The minimum Gasteiger partial charge on any atom is -0.463 e. The molecule has 16 nitrogen and oxygen atoms in total. The van der Waals surface area contributed by atoms with E-state index in [-0.39, 0.29) is 19.3 Å². The fourth-order valence-corrected chi connectivity index (χ4v) is 14.3. The number of hydrogen-bond acceptors (Lipinski definition) is 14. The number of aliphatic hydroxyl groups excluding tert-OH is 2. The molecule has 0 rings (SSSR count). The van der Waals surface area contributed by atoms with Crippen molar-refractivity contribution in [3.63, 3.8) is 0 Å². The predicted molar refractivity (Wildman–Crippen MR) is 473 cm³/mol. The van der Waals surface area contributed by atoms with Gasteiger partial charge in [0.05, 0.1) is 26.4 Å². The van der Waals surface area contributed by atoms with Gasteiger partial charge < -0.3 is 34.2 Å². The molecular formula is C95H168O16P2. The zero-order chi connectivity index (χ0) is 82.2. The molecule has 0 saturated heterocycles. The molecule has 0 aliphatic heterocycles. The molecule has 0 aromatic carbocycles. The van der Waals surface area contributed by atoms with Crippen molar-refractivity contribution in [3.8, 4) is 0 Å². The van der Waals surface area contributed by atoms with Crippen LogP contribution < -0.4 is 0 Å². The molecular weight excluding hydrogens is 1460 g/mol. The monoisotopic (exact) mass is 1630 g/mol. The Bertz CT molecular complexity index is 2540. The molecule has 0 saturated carbocycles. The lowest BCUT2D eigenvalue weighted by molar-refractivity contribution is -0.161. The number of hydrogen-bond donors (Lipinski definition) is 4. The molecule has 0 heterocycles. The van der Waals surface area contributed by atoms with Crippen LogP contribution in [-0.2, 0) is 55.8 Å². The Balaban J connectivity index is 4.39. The highest BCUT2D eigenvalue weighted by atomic mass is 31.2. The lowest BCUT2D eigenvalue weighted by Gasteiger charge is -2.21. The normalized spacial score (nSPS) is 14.4. The molecule has 18 heteroatoms. The Morgan fingerprint density at radius 2 is 0.469 bits per heavy atom. The van der Waals surface area contributed by atoms with Crippen LogP contribution in [0.1, 0.15) is 406 Å². The fourth-order valence-electron chi connectivity index (χ4n) is 12.7. The van der Waals surface area contributed by atoms with Crippen molar-refractivity contribution in [1.82, 2.24) is 0 Å². The minimum absolute atomic E-state index is 0.0957. The first-order chi connectivity index (χ1) is 55.2. The maximum atomic E-state index is 13.0. The summed E-state index contributed by atoms with van der Waals surface area (Å²) in [5.41, 5.74) is 0. The number of carbonyl (C=O) groups is 3. The number of rotatable bonds is 87. The first kappa shape index (κ1) is 109. The summed E-state index contributed by atoms with van der Waals surface area (Å²) in [5.74, 6) is -1.57. The number of esters is 3. The van der Waals surface area contributed by atoms with Gasteiger partial charge in [-0.05, 0) is 135 Å². The van der Waals surface area contributed by atoms with E-state index < -0.39 is 91.5 Å². The third kappa shape index (κ3) is 88.6. The molecule has 0 bridgehead atoms. The molecule has 0 spiro atoms. The predicted octanol–water partition coefficient (Wildman–Crippen LogP) is 28.0.